The fourth-order valence-electron chi connectivity index (χ4n) is 3.90. The lowest BCUT2D eigenvalue weighted by Gasteiger charge is -2.25. The number of amides is 4. The van der Waals surface area contributed by atoms with E-state index in [2.05, 4.69) is 17.1 Å². The van der Waals surface area contributed by atoms with Crippen molar-refractivity contribution >= 4 is 58.1 Å². The number of nitrogens with one attached hydrogen (secondary N) is 1. The Kier molecular flexibility index (Phi) is 6.78. The highest BCUT2D eigenvalue weighted by atomic mass is 35.5. The first kappa shape index (κ1) is 22.9. The van der Waals surface area contributed by atoms with E-state index in [1.807, 2.05) is 0 Å². The van der Waals surface area contributed by atoms with Crippen LogP contribution >= 0.6 is 23.7 Å². The van der Waals surface area contributed by atoms with Gasteiger partial charge < -0.3 is 11.1 Å². The van der Waals surface area contributed by atoms with Crippen LogP contribution in [0.2, 0.25) is 0 Å². The third kappa shape index (κ3) is 4.34. The highest BCUT2D eigenvalue weighted by molar-refractivity contribution is 7.17. The summed E-state index contributed by atoms with van der Waals surface area (Å²) in [4.78, 5) is 53.4. The number of primary amides is 1. The molecule has 3 N–H and O–H groups in total. The number of likely N-dealkylation sites (N-methyl/N-ethyl adjacent to an activating group) is 1. The van der Waals surface area contributed by atoms with Gasteiger partial charge in [-0.25, -0.2) is 0 Å². The van der Waals surface area contributed by atoms with Crippen molar-refractivity contribution in [2.45, 2.75) is 32.7 Å². The van der Waals surface area contributed by atoms with Crippen LogP contribution in [0.5, 0.6) is 0 Å². The van der Waals surface area contributed by atoms with Crippen LogP contribution in [0.3, 0.4) is 0 Å². The summed E-state index contributed by atoms with van der Waals surface area (Å²) in [5.74, 6) is -1.54. The molecule has 1 fully saturated rings. The standard InChI is InChI=1S/C21H22N4O4S.ClH/c1-2-24-9-8-14-15(11-24)30-21(18(14)19(22)28)23-20(29)12-4-3-5-13(10-12)25-16(26)6-7-17(25)27;/h3-5,10H,2,6-9,11H2,1H3,(H2,22,28)(H,23,29);1H. The minimum absolute atomic E-state index is 0. The summed E-state index contributed by atoms with van der Waals surface area (Å²) >= 11 is 1.37. The number of thiophene rings is 1. The lowest BCUT2D eigenvalue weighted by atomic mass is 10.0. The molecule has 0 spiro atoms. The molecule has 8 nitrogen and oxygen atoms in total. The largest absolute Gasteiger partial charge is 0.365 e. The number of rotatable bonds is 5. The predicted molar refractivity (Wildman–Crippen MR) is 121 cm³/mol. The average molecular weight is 463 g/mol. The molecule has 1 aromatic heterocycles. The number of fused-ring (bicyclic) bond motifs is 1. The molecule has 31 heavy (non-hydrogen) atoms. The van der Waals surface area contributed by atoms with E-state index in [4.69, 9.17) is 5.73 Å². The minimum Gasteiger partial charge on any atom is -0.365 e. The molecule has 0 atom stereocenters. The maximum absolute atomic E-state index is 12.9. The Morgan fingerprint density at radius 3 is 2.52 bits per heavy atom. The molecule has 1 saturated heterocycles. The van der Waals surface area contributed by atoms with Gasteiger partial charge in [-0.1, -0.05) is 13.0 Å². The fourth-order valence-corrected chi connectivity index (χ4v) is 5.19. The zero-order chi connectivity index (χ0) is 21.4. The van der Waals surface area contributed by atoms with Crippen LogP contribution in [0, 0.1) is 0 Å². The highest BCUT2D eigenvalue weighted by Crippen LogP contribution is 2.37. The van der Waals surface area contributed by atoms with Crippen molar-refractivity contribution in [3.05, 3.63) is 45.8 Å². The van der Waals surface area contributed by atoms with Gasteiger partial charge >= 0.3 is 0 Å². The molecule has 4 rings (SSSR count). The van der Waals surface area contributed by atoms with Crippen molar-refractivity contribution in [3.63, 3.8) is 0 Å². The summed E-state index contributed by atoms with van der Waals surface area (Å²) in [5.41, 5.74) is 7.57. The molecule has 3 heterocycles. The van der Waals surface area contributed by atoms with Crippen molar-refractivity contribution in [2.75, 3.05) is 23.3 Å². The van der Waals surface area contributed by atoms with Crippen molar-refractivity contribution in [1.29, 1.82) is 0 Å². The number of hydrogen-bond acceptors (Lipinski definition) is 6. The van der Waals surface area contributed by atoms with E-state index in [1.165, 1.54) is 17.4 Å². The molecular formula is C21H23ClN4O4S. The molecule has 2 aliphatic heterocycles. The van der Waals surface area contributed by atoms with E-state index in [1.54, 1.807) is 18.2 Å². The van der Waals surface area contributed by atoms with E-state index in [9.17, 15) is 19.2 Å². The van der Waals surface area contributed by atoms with Gasteiger partial charge in [-0.05, 0) is 36.7 Å². The number of imide groups is 1. The molecule has 0 bridgehead atoms. The second kappa shape index (κ2) is 9.17. The fraction of sp³-hybridized carbons (Fsp3) is 0.333. The number of hydrogen-bond donors (Lipinski definition) is 2. The molecule has 4 amide bonds. The molecule has 164 valence electrons. The summed E-state index contributed by atoms with van der Waals surface area (Å²) < 4.78 is 0. The second-order valence-electron chi connectivity index (χ2n) is 7.32. The van der Waals surface area contributed by atoms with Crippen LogP contribution in [-0.4, -0.2) is 41.6 Å². The first-order chi connectivity index (χ1) is 14.4. The van der Waals surface area contributed by atoms with Crippen LogP contribution in [0.1, 0.15) is 50.9 Å². The van der Waals surface area contributed by atoms with Gasteiger partial charge in [0, 0.05) is 36.4 Å². The van der Waals surface area contributed by atoms with Gasteiger partial charge in [0.2, 0.25) is 11.8 Å². The summed E-state index contributed by atoms with van der Waals surface area (Å²) in [6.45, 7) is 4.56. The number of carbonyl (C=O) groups excluding carboxylic acids is 4. The van der Waals surface area contributed by atoms with Crippen molar-refractivity contribution in [1.82, 2.24) is 4.90 Å². The molecular weight excluding hydrogens is 440 g/mol. The van der Waals surface area contributed by atoms with Crippen LogP contribution in [-0.2, 0) is 22.6 Å². The van der Waals surface area contributed by atoms with Gasteiger partial charge in [-0.2, -0.15) is 0 Å². The van der Waals surface area contributed by atoms with Gasteiger partial charge in [0.1, 0.15) is 5.00 Å². The molecule has 0 radical (unpaired) electrons. The molecule has 0 saturated carbocycles. The predicted octanol–water partition coefficient (Wildman–Crippen LogP) is 2.55. The van der Waals surface area contributed by atoms with Gasteiger partial charge in [0.05, 0.1) is 11.3 Å². The third-order valence-electron chi connectivity index (χ3n) is 5.47. The van der Waals surface area contributed by atoms with Gasteiger partial charge in [-0.3, -0.25) is 29.0 Å². The Balaban J connectivity index is 0.00000272. The maximum atomic E-state index is 12.9. The Morgan fingerprint density at radius 1 is 1.16 bits per heavy atom. The lowest BCUT2D eigenvalue weighted by Crippen LogP contribution is -2.30. The Bertz CT molecular complexity index is 1050. The number of nitrogens with zero attached hydrogens (tertiary/aromatic N) is 2. The number of benzene rings is 1. The topological polar surface area (TPSA) is 113 Å². The number of carbonyl (C=O) groups is 4. The van der Waals surface area contributed by atoms with E-state index >= 15 is 0 Å². The lowest BCUT2D eigenvalue weighted by molar-refractivity contribution is -0.121. The van der Waals surface area contributed by atoms with Crippen LogP contribution in [0.25, 0.3) is 0 Å². The molecule has 2 aromatic rings. The van der Waals surface area contributed by atoms with Crippen LogP contribution in [0.15, 0.2) is 24.3 Å². The zero-order valence-electron chi connectivity index (χ0n) is 17.0. The zero-order valence-corrected chi connectivity index (χ0v) is 18.6. The van der Waals surface area contributed by atoms with Crippen LogP contribution < -0.4 is 16.0 Å². The van der Waals surface area contributed by atoms with E-state index in [0.717, 1.165) is 35.0 Å². The molecule has 10 heteroatoms. The Hall–Kier alpha value is -2.75. The van der Waals surface area contributed by atoms with E-state index in [-0.39, 0.29) is 42.6 Å². The third-order valence-corrected chi connectivity index (χ3v) is 6.61. The number of nitrogens with two attached hydrogens (primary N) is 1. The van der Waals surface area contributed by atoms with E-state index in [0.29, 0.717) is 22.7 Å². The first-order valence-electron chi connectivity index (χ1n) is 9.83. The quantitative estimate of drug-likeness (QED) is 0.663. The van der Waals surface area contributed by atoms with Gasteiger partial charge in [0.15, 0.2) is 0 Å². The smallest absolute Gasteiger partial charge is 0.256 e. The number of halogens is 1. The Labute approximate surface area is 189 Å². The summed E-state index contributed by atoms with van der Waals surface area (Å²) in [7, 11) is 0. The normalized spacial score (nSPS) is 16.1. The van der Waals surface area contributed by atoms with E-state index < -0.39 is 11.8 Å². The second-order valence-corrected chi connectivity index (χ2v) is 8.42. The highest BCUT2D eigenvalue weighted by Gasteiger charge is 2.31. The van der Waals surface area contributed by atoms with Crippen molar-refractivity contribution in [2.24, 2.45) is 5.73 Å². The molecule has 0 unspecified atom stereocenters. The van der Waals surface area contributed by atoms with Crippen LogP contribution in [0.4, 0.5) is 10.7 Å². The molecule has 0 aliphatic carbocycles. The number of anilines is 2. The van der Waals surface area contributed by atoms with Crippen molar-refractivity contribution < 1.29 is 19.2 Å². The van der Waals surface area contributed by atoms with Gasteiger partial charge in [-0.15, -0.1) is 23.7 Å². The average Bonchev–Trinajstić information content (AvgIpc) is 3.26. The first-order valence-corrected chi connectivity index (χ1v) is 10.6. The Morgan fingerprint density at radius 2 is 1.87 bits per heavy atom. The SMILES string of the molecule is CCN1CCc2c(sc(NC(=O)c3cccc(N4C(=O)CCC4=O)c3)c2C(N)=O)C1.Cl. The molecule has 2 aliphatic rings. The summed E-state index contributed by atoms with van der Waals surface area (Å²) in [6.07, 6.45) is 1.06. The van der Waals surface area contributed by atoms with Gasteiger partial charge in [0.25, 0.3) is 11.8 Å². The summed E-state index contributed by atoms with van der Waals surface area (Å²) in [6, 6.07) is 6.35. The maximum Gasteiger partial charge on any atom is 0.256 e. The van der Waals surface area contributed by atoms with Crippen molar-refractivity contribution in [3.8, 4) is 0 Å². The summed E-state index contributed by atoms with van der Waals surface area (Å²) in [5, 5.41) is 3.25. The monoisotopic (exact) mass is 462 g/mol. The minimum atomic E-state index is -0.560. The molecule has 1 aromatic carbocycles.